The molecule has 0 spiro atoms. The van der Waals surface area contributed by atoms with Gasteiger partial charge in [0.1, 0.15) is 0 Å². The van der Waals surface area contributed by atoms with Crippen molar-refractivity contribution in [2.24, 2.45) is 0 Å². The van der Waals surface area contributed by atoms with E-state index in [0.29, 0.717) is 12.8 Å². The van der Waals surface area contributed by atoms with Crippen LogP contribution in [-0.2, 0) is 9.59 Å². The maximum atomic E-state index is 12.4. The number of amides is 2. The lowest BCUT2D eigenvalue weighted by molar-refractivity contribution is -0.133. The third kappa shape index (κ3) is 13.7. The van der Waals surface area contributed by atoms with Crippen LogP contribution in [0, 0.1) is 0 Å². The SMILES string of the molecule is CSC1=C(SC)SC(=C2SC(SCCCCC(=O)N(CCO)CCO)=C(SCCCCC(=O)N(CCO)CCO)S2)S1. The van der Waals surface area contributed by atoms with Crippen molar-refractivity contribution in [1.29, 1.82) is 0 Å². The fourth-order valence-electron chi connectivity index (χ4n) is 3.75. The van der Waals surface area contributed by atoms with Gasteiger partial charge in [-0.1, -0.05) is 47.0 Å². The maximum absolute atomic E-state index is 12.4. The summed E-state index contributed by atoms with van der Waals surface area (Å²) in [5, 5.41) is 36.7. The van der Waals surface area contributed by atoms with Crippen LogP contribution < -0.4 is 0 Å². The fraction of sp³-hybridized carbons (Fsp3) is 0.692. The van der Waals surface area contributed by atoms with Gasteiger partial charge >= 0.3 is 0 Å². The van der Waals surface area contributed by atoms with Crippen LogP contribution in [0.15, 0.2) is 25.4 Å². The number of aliphatic hydroxyl groups excluding tert-OH is 4. The van der Waals surface area contributed by atoms with E-state index in [9.17, 15) is 9.59 Å². The Morgan fingerprint density at radius 3 is 1.21 bits per heavy atom. The molecule has 4 N–H and O–H groups in total. The molecule has 8 nitrogen and oxygen atoms in total. The molecule has 0 saturated heterocycles. The van der Waals surface area contributed by atoms with E-state index >= 15 is 0 Å². The summed E-state index contributed by atoms with van der Waals surface area (Å²) >= 11 is 14.7. The van der Waals surface area contributed by atoms with Crippen molar-refractivity contribution in [3.63, 3.8) is 0 Å². The van der Waals surface area contributed by atoms with E-state index < -0.39 is 0 Å². The Kier molecular flexibility index (Phi) is 21.5. The van der Waals surface area contributed by atoms with E-state index in [4.69, 9.17) is 20.4 Å². The van der Waals surface area contributed by atoms with Crippen LogP contribution in [0.1, 0.15) is 38.5 Å². The van der Waals surface area contributed by atoms with Gasteiger partial charge in [-0.2, -0.15) is 0 Å². The number of carbonyl (C=O) groups is 2. The molecule has 0 radical (unpaired) electrons. The second-order valence-corrected chi connectivity index (χ2v) is 18.3. The highest BCUT2D eigenvalue weighted by atomic mass is 32.3. The Hall–Kier alpha value is 0.800. The number of hydrogen-bond donors (Lipinski definition) is 4. The lowest BCUT2D eigenvalue weighted by Crippen LogP contribution is -2.35. The number of rotatable bonds is 22. The first-order valence-corrected chi connectivity index (χ1v) is 21.4. The largest absolute Gasteiger partial charge is 0.395 e. The molecule has 240 valence electrons. The van der Waals surface area contributed by atoms with E-state index in [1.165, 1.54) is 35.2 Å². The maximum Gasteiger partial charge on any atom is 0.222 e. The number of aliphatic hydroxyl groups is 4. The molecule has 16 heteroatoms. The van der Waals surface area contributed by atoms with Gasteiger partial charge < -0.3 is 30.2 Å². The zero-order valence-electron chi connectivity index (χ0n) is 24.1. The second-order valence-electron chi connectivity index (χ2n) is 8.81. The first-order valence-electron chi connectivity index (χ1n) is 13.7. The highest BCUT2D eigenvalue weighted by Crippen LogP contribution is 2.65. The Bertz CT molecular complexity index is 883. The van der Waals surface area contributed by atoms with Crippen molar-refractivity contribution >= 4 is 106 Å². The summed E-state index contributed by atoms with van der Waals surface area (Å²) in [6, 6.07) is 0. The van der Waals surface area contributed by atoms with Crippen LogP contribution in [-0.4, -0.2) is 119 Å². The third-order valence-corrected chi connectivity index (χ3v) is 17.3. The molecule has 0 bridgehead atoms. The van der Waals surface area contributed by atoms with E-state index in [2.05, 4.69) is 12.5 Å². The fourth-order valence-corrected chi connectivity index (χ4v) is 15.0. The molecule has 0 aromatic rings. The Morgan fingerprint density at radius 1 is 0.571 bits per heavy atom. The van der Waals surface area contributed by atoms with Crippen molar-refractivity contribution in [1.82, 2.24) is 9.80 Å². The standard InChI is InChI=1S/C26H42N2O6S8/c1-35-21-22(36-2)40-25(39-21)26-41-23(37-17-5-3-7-19(33)27(9-13-29)10-14-30)24(42-26)38-18-6-4-8-20(34)28(11-15-31)12-16-32/h29-32H,3-18H2,1-2H3. The van der Waals surface area contributed by atoms with Gasteiger partial charge in [-0.15, -0.1) is 47.0 Å². The van der Waals surface area contributed by atoms with Gasteiger partial charge in [-0.25, -0.2) is 0 Å². The molecule has 2 rings (SSSR count). The highest BCUT2D eigenvalue weighted by molar-refractivity contribution is 8.45. The molecule has 2 amide bonds. The van der Waals surface area contributed by atoms with Crippen LogP contribution in [0.5, 0.6) is 0 Å². The summed E-state index contributed by atoms with van der Waals surface area (Å²) < 4.78 is 7.98. The molecule has 0 atom stereocenters. The van der Waals surface area contributed by atoms with Gasteiger partial charge in [0.2, 0.25) is 11.8 Å². The first kappa shape index (κ1) is 39.0. The lowest BCUT2D eigenvalue weighted by Gasteiger charge is -2.20. The van der Waals surface area contributed by atoms with Crippen LogP contribution in [0.3, 0.4) is 0 Å². The molecule has 0 fully saturated rings. The quantitative estimate of drug-likeness (QED) is 0.105. The molecule has 0 aliphatic carbocycles. The van der Waals surface area contributed by atoms with Crippen LogP contribution in [0.4, 0.5) is 0 Å². The smallest absolute Gasteiger partial charge is 0.222 e. The molecule has 2 aliphatic rings. The van der Waals surface area contributed by atoms with Crippen molar-refractivity contribution in [3.8, 4) is 0 Å². The van der Waals surface area contributed by atoms with Gasteiger partial charge in [0, 0.05) is 39.0 Å². The number of thioether (sulfide) groups is 8. The zero-order valence-corrected chi connectivity index (χ0v) is 30.6. The third-order valence-electron chi connectivity index (χ3n) is 5.83. The van der Waals surface area contributed by atoms with Gasteiger partial charge in [0.25, 0.3) is 0 Å². The minimum atomic E-state index is -0.103. The summed E-state index contributed by atoms with van der Waals surface area (Å²) in [7, 11) is 0. The lowest BCUT2D eigenvalue weighted by atomic mass is 10.2. The van der Waals surface area contributed by atoms with Crippen LogP contribution >= 0.6 is 94.1 Å². The molecular formula is C26H42N2O6S8. The summed E-state index contributed by atoms with van der Waals surface area (Å²) in [5.41, 5.74) is 0. The molecule has 0 aromatic carbocycles. The number of unbranched alkanes of at least 4 members (excludes halogenated alkanes) is 2. The van der Waals surface area contributed by atoms with Crippen LogP contribution in [0.2, 0.25) is 0 Å². The van der Waals surface area contributed by atoms with Crippen LogP contribution in [0.25, 0.3) is 0 Å². The summed E-state index contributed by atoms with van der Waals surface area (Å²) in [6.07, 6.45) is 8.41. The molecular weight excluding hydrogens is 693 g/mol. The minimum absolute atomic E-state index is 0.0253. The zero-order chi connectivity index (χ0) is 30.7. The van der Waals surface area contributed by atoms with E-state index in [1.807, 2.05) is 70.6 Å². The van der Waals surface area contributed by atoms with Crippen molar-refractivity contribution in [2.75, 3.05) is 76.6 Å². The Morgan fingerprint density at radius 2 is 0.905 bits per heavy atom. The van der Waals surface area contributed by atoms with E-state index in [1.54, 1.807) is 23.5 Å². The summed E-state index contributed by atoms with van der Waals surface area (Å²) in [4.78, 5) is 27.9. The average Bonchev–Trinajstić information content (AvgIpc) is 3.60. The van der Waals surface area contributed by atoms with Gasteiger partial charge in [0.05, 0.1) is 51.9 Å². The number of carbonyl (C=O) groups excluding carboxylic acids is 2. The molecule has 2 heterocycles. The number of nitrogens with zero attached hydrogens (tertiary/aromatic N) is 2. The Labute approximate surface area is 284 Å². The molecule has 0 unspecified atom stereocenters. The van der Waals surface area contributed by atoms with Crippen molar-refractivity contribution in [2.45, 2.75) is 38.5 Å². The normalized spacial score (nSPS) is 15.4. The Balaban J connectivity index is 1.91. The highest BCUT2D eigenvalue weighted by Gasteiger charge is 2.30. The number of hydrogen-bond acceptors (Lipinski definition) is 14. The molecule has 0 saturated carbocycles. The minimum Gasteiger partial charge on any atom is -0.395 e. The molecule has 42 heavy (non-hydrogen) atoms. The van der Waals surface area contributed by atoms with E-state index in [0.717, 1.165) is 37.2 Å². The van der Waals surface area contributed by atoms with Gasteiger partial charge in [-0.05, 0) is 49.7 Å². The van der Waals surface area contributed by atoms with Gasteiger partial charge in [0.15, 0.2) is 0 Å². The van der Waals surface area contributed by atoms with Crippen molar-refractivity contribution < 1.29 is 30.0 Å². The average molecular weight is 735 g/mol. The van der Waals surface area contributed by atoms with Crippen molar-refractivity contribution in [3.05, 3.63) is 25.4 Å². The predicted octanol–water partition coefficient (Wildman–Crippen LogP) is 5.49. The second kappa shape index (κ2) is 23.2. The summed E-state index contributed by atoms with van der Waals surface area (Å²) in [6.45, 7) is 0.612. The topological polar surface area (TPSA) is 122 Å². The molecule has 0 aromatic heterocycles. The molecule has 2 aliphatic heterocycles. The monoisotopic (exact) mass is 734 g/mol. The first-order chi connectivity index (χ1) is 20.4. The van der Waals surface area contributed by atoms with Gasteiger partial charge in [-0.3, -0.25) is 9.59 Å². The van der Waals surface area contributed by atoms with E-state index in [-0.39, 0.29) is 64.4 Å². The predicted molar refractivity (Wildman–Crippen MR) is 193 cm³/mol. The summed E-state index contributed by atoms with van der Waals surface area (Å²) in [5.74, 6) is 1.77.